The van der Waals surface area contributed by atoms with E-state index in [2.05, 4.69) is 17.0 Å². The van der Waals surface area contributed by atoms with Gasteiger partial charge in [0.15, 0.2) is 0 Å². The van der Waals surface area contributed by atoms with Crippen LogP contribution in [0.1, 0.15) is 26.2 Å². The molecule has 0 saturated heterocycles. The van der Waals surface area contributed by atoms with Gasteiger partial charge in [-0.2, -0.15) is 0 Å². The van der Waals surface area contributed by atoms with Crippen LogP contribution in [-0.2, 0) is 10.0 Å². The third kappa shape index (κ3) is 7.07. The van der Waals surface area contributed by atoms with Gasteiger partial charge >= 0.3 is 0 Å². The maximum atomic E-state index is 13.1. The summed E-state index contributed by atoms with van der Waals surface area (Å²) in [5, 5.41) is 3.36. The fourth-order valence-electron chi connectivity index (χ4n) is 1.69. The number of halogens is 2. The molecule has 0 aliphatic carbocycles. The Bertz CT molecular complexity index is 503. The fourth-order valence-corrected chi connectivity index (χ4v) is 3.07. The quantitative estimate of drug-likeness (QED) is 0.687. The van der Waals surface area contributed by atoms with Crippen LogP contribution in [0.3, 0.4) is 0 Å². The Morgan fingerprint density at radius 3 is 2.60 bits per heavy atom. The van der Waals surface area contributed by atoms with Crippen molar-refractivity contribution < 1.29 is 12.8 Å². The number of rotatable bonds is 9. The van der Waals surface area contributed by atoms with Crippen LogP contribution in [0.25, 0.3) is 0 Å². The minimum absolute atomic E-state index is 0.00887. The SMILES string of the molecule is CCCNCCCCS(=O)(=O)Nc1cc(F)cc(Cl)c1. The first kappa shape index (κ1) is 17.2. The Morgan fingerprint density at radius 2 is 1.95 bits per heavy atom. The first-order chi connectivity index (χ1) is 9.43. The third-order valence-electron chi connectivity index (χ3n) is 2.58. The van der Waals surface area contributed by atoms with Crippen molar-refractivity contribution >= 4 is 27.3 Å². The van der Waals surface area contributed by atoms with Crippen LogP contribution < -0.4 is 10.0 Å². The van der Waals surface area contributed by atoms with E-state index in [1.807, 2.05) is 0 Å². The molecule has 0 radical (unpaired) electrons. The van der Waals surface area contributed by atoms with Gasteiger partial charge in [-0.3, -0.25) is 4.72 Å². The number of hydrogen-bond donors (Lipinski definition) is 2. The van der Waals surface area contributed by atoms with E-state index in [4.69, 9.17) is 11.6 Å². The highest BCUT2D eigenvalue weighted by Gasteiger charge is 2.11. The van der Waals surface area contributed by atoms with Gasteiger partial charge in [-0.25, -0.2) is 12.8 Å². The van der Waals surface area contributed by atoms with E-state index < -0.39 is 15.8 Å². The summed E-state index contributed by atoms with van der Waals surface area (Å²) in [6.45, 7) is 3.81. The summed E-state index contributed by atoms with van der Waals surface area (Å²) < 4.78 is 39.1. The summed E-state index contributed by atoms with van der Waals surface area (Å²) in [5.74, 6) is -0.562. The van der Waals surface area contributed by atoms with E-state index in [9.17, 15) is 12.8 Å². The summed E-state index contributed by atoms with van der Waals surface area (Å²) in [4.78, 5) is 0. The second kappa shape index (κ2) is 8.44. The van der Waals surface area contributed by atoms with Crippen LogP contribution >= 0.6 is 11.6 Å². The second-order valence-electron chi connectivity index (χ2n) is 4.54. The zero-order chi connectivity index (χ0) is 15.0. The Labute approximate surface area is 124 Å². The topological polar surface area (TPSA) is 58.2 Å². The summed E-state index contributed by atoms with van der Waals surface area (Å²) >= 11 is 5.67. The van der Waals surface area contributed by atoms with Gasteiger partial charge < -0.3 is 5.32 Å². The summed E-state index contributed by atoms with van der Waals surface area (Å²) in [6.07, 6.45) is 2.39. The van der Waals surface area contributed by atoms with Gasteiger partial charge in [0.2, 0.25) is 10.0 Å². The lowest BCUT2D eigenvalue weighted by atomic mass is 10.3. The van der Waals surface area contributed by atoms with Crippen LogP contribution in [0, 0.1) is 5.82 Å². The van der Waals surface area contributed by atoms with Gasteiger partial charge in [-0.1, -0.05) is 18.5 Å². The smallest absolute Gasteiger partial charge is 0.232 e. The van der Waals surface area contributed by atoms with Crippen molar-refractivity contribution in [3.05, 3.63) is 29.0 Å². The van der Waals surface area contributed by atoms with Crippen LogP contribution in [0.4, 0.5) is 10.1 Å². The lowest BCUT2D eigenvalue weighted by Crippen LogP contribution is -2.20. The highest BCUT2D eigenvalue weighted by molar-refractivity contribution is 7.92. The largest absolute Gasteiger partial charge is 0.317 e. The molecule has 1 rings (SSSR count). The van der Waals surface area contributed by atoms with E-state index in [-0.39, 0.29) is 16.5 Å². The van der Waals surface area contributed by atoms with Crippen LogP contribution in [0.5, 0.6) is 0 Å². The van der Waals surface area contributed by atoms with E-state index >= 15 is 0 Å². The number of nitrogens with one attached hydrogen (secondary N) is 2. The molecule has 0 spiro atoms. The van der Waals surface area contributed by atoms with Gasteiger partial charge in [0.05, 0.1) is 11.4 Å². The molecule has 0 fully saturated rings. The van der Waals surface area contributed by atoms with Crippen LogP contribution in [0.15, 0.2) is 18.2 Å². The molecule has 0 heterocycles. The fraction of sp³-hybridized carbons (Fsp3) is 0.538. The molecule has 0 saturated carbocycles. The molecule has 0 aromatic heterocycles. The normalized spacial score (nSPS) is 11.6. The molecule has 1 aromatic rings. The summed E-state index contributed by atoms with van der Waals surface area (Å²) in [5.41, 5.74) is 0.152. The molecular weight excluding hydrogens is 303 g/mol. The van der Waals surface area contributed by atoms with Crippen molar-refractivity contribution in [1.82, 2.24) is 5.32 Å². The van der Waals surface area contributed by atoms with Crippen molar-refractivity contribution in [3.8, 4) is 0 Å². The molecule has 0 aliphatic heterocycles. The Hall–Kier alpha value is -0.850. The van der Waals surface area contributed by atoms with Crippen LogP contribution in [-0.4, -0.2) is 27.3 Å². The van der Waals surface area contributed by atoms with Gasteiger partial charge in [0.25, 0.3) is 0 Å². The molecule has 2 N–H and O–H groups in total. The lowest BCUT2D eigenvalue weighted by Gasteiger charge is -2.09. The van der Waals surface area contributed by atoms with Crippen molar-refractivity contribution in [3.63, 3.8) is 0 Å². The Kier molecular flexibility index (Phi) is 7.26. The highest BCUT2D eigenvalue weighted by Crippen LogP contribution is 2.19. The molecule has 114 valence electrons. The molecule has 0 amide bonds. The van der Waals surface area contributed by atoms with Crippen molar-refractivity contribution in [2.75, 3.05) is 23.6 Å². The molecule has 0 atom stereocenters. The van der Waals surface area contributed by atoms with Crippen molar-refractivity contribution in [2.45, 2.75) is 26.2 Å². The molecule has 20 heavy (non-hydrogen) atoms. The molecular formula is C13H20ClFN2O2S. The molecule has 0 bridgehead atoms. The second-order valence-corrected chi connectivity index (χ2v) is 6.81. The van der Waals surface area contributed by atoms with E-state index in [1.165, 1.54) is 6.07 Å². The van der Waals surface area contributed by atoms with E-state index in [0.29, 0.717) is 6.42 Å². The Balaban J connectivity index is 2.41. The van der Waals surface area contributed by atoms with Gasteiger partial charge in [-0.15, -0.1) is 0 Å². The molecule has 4 nitrogen and oxygen atoms in total. The summed E-state index contributed by atoms with van der Waals surface area (Å²) in [7, 11) is -3.46. The van der Waals surface area contributed by atoms with Gasteiger partial charge in [0, 0.05) is 5.02 Å². The average molecular weight is 323 g/mol. The molecule has 0 aliphatic rings. The minimum Gasteiger partial charge on any atom is -0.317 e. The number of benzene rings is 1. The molecule has 0 unspecified atom stereocenters. The van der Waals surface area contributed by atoms with Gasteiger partial charge in [0.1, 0.15) is 5.82 Å². The maximum absolute atomic E-state index is 13.1. The predicted octanol–water partition coefficient (Wildman–Crippen LogP) is 3.00. The van der Waals surface area contributed by atoms with E-state index in [1.54, 1.807) is 0 Å². The first-order valence-corrected chi connectivity index (χ1v) is 8.63. The average Bonchev–Trinajstić information content (AvgIpc) is 2.31. The monoisotopic (exact) mass is 322 g/mol. The van der Waals surface area contributed by atoms with E-state index in [0.717, 1.165) is 38.1 Å². The minimum atomic E-state index is -3.46. The van der Waals surface area contributed by atoms with Crippen molar-refractivity contribution in [1.29, 1.82) is 0 Å². The highest BCUT2D eigenvalue weighted by atomic mass is 35.5. The Morgan fingerprint density at radius 1 is 1.20 bits per heavy atom. The van der Waals surface area contributed by atoms with Crippen molar-refractivity contribution in [2.24, 2.45) is 0 Å². The zero-order valence-corrected chi connectivity index (χ0v) is 13.0. The summed E-state index contributed by atoms with van der Waals surface area (Å²) in [6, 6.07) is 3.61. The lowest BCUT2D eigenvalue weighted by molar-refractivity contribution is 0.590. The maximum Gasteiger partial charge on any atom is 0.232 e. The number of sulfonamides is 1. The standard InChI is InChI=1S/C13H20ClFN2O2S/c1-2-5-16-6-3-4-7-20(18,19)17-13-9-11(14)8-12(15)10-13/h8-10,16-17H,2-7H2,1H3. The molecule has 1 aromatic carbocycles. The molecule has 7 heteroatoms. The van der Waals surface area contributed by atoms with Crippen LogP contribution in [0.2, 0.25) is 5.02 Å². The number of hydrogen-bond acceptors (Lipinski definition) is 3. The third-order valence-corrected chi connectivity index (χ3v) is 4.17. The van der Waals surface area contributed by atoms with Gasteiger partial charge in [-0.05, 0) is 50.6 Å². The first-order valence-electron chi connectivity index (χ1n) is 6.60. The number of unbranched alkanes of at least 4 members (excludes halogenated alkanes) is 1. The predicted molar refractivity (Wildman–Crippen MR) is 81.2 cm³/mol. The number of anilines is 1. The zero-order valence-electron chi connectivity index (χ0n) is 11.5.